The first kappa shape index (κ1) is 10.4. The summed E-state index contributed by atoms with van der Waals surface area (Å²) in [6.07, 6.45) is 1.09. The molecule has 0 saturated carbocycles. The number of carbonyl (C=O) groups excluding carboxylic acids is 1. The van der Waals surface area contributed by atoms with E-state index in [1.807, 2.05) is 6.92 Å². The molecule has 74 valence electrons. The lowest BCUT2D eigenvalue weighted by Gasteiger charge is -2.01. The number of hydrogen-bond acceptors (Lipinski definition) is 4. The normalized spacial score (nSPS) is 10.4. The Morgan fingerprint density at radius 3 is 2.36 bits per heavy atom. The van der Waals surface area contributed by atoms with E-state index in [1.165, 1.54) is 12.1 Å². The number of nitrogens with zero attached hydrogens (tertiary/aromatic N) is 1. The molecule has 0 aliphatic heterocycles. The van der Waals surface area contributed by atoms with Crippen LogP contribution in [-0.2, 0) is 14.8 Å². The molecule has 1 aromatic carbocycles. The molecular formula is C8H8N2O3S. The molecule has 0 aromatic heterocycles. The van der Waals surface area contributed by atoms with Crippen LogP contribution in [0, 0.1) is 6.92 Å². The van der Waals surface area contributed by atoms with Gasteiger partial charge in [-0.3, -0.25) is 0 Å². The van der Waals surface area contributed by atoms with Crippen LogP contribution in [0.4, 0.5) is 0 Å². The summed E-state index contributed by atoms with van der Waals surface area (Å²) in [5, 5.41) is 2.80. The van der Waals surface area contributed by atoms with E-state index < -0.39 is 10.0 Å². The van der Waals surface area contributed by atoms with Crippen LogP contribution in [0.15, 0.2) is 34.3 Å². The summed E-state index contributed by atoms with van der Waals surface area (Å²) in [5.74, 6) is 0. The Kier molecular flexibility index (Phi) is 3.01. The highest BCUT2D eigenvalue weighted by atomic mass is 32.2. The summed E-state index contributed by atoms with van der Waals surface area (Å²) in [7, 11) is -3.72. The predicted octanol–water partition coefficient (Wildman–Crippen LogP) is 0.524. The fourth-order valence-electron chi connectivity index (χ4n) is 0.849. The van der Waals surface area contributed by atoms with Crippen molar-refractivity contribution in [3.8, 4) is 0 Å². The third kappa shape index (κ3) is 2.42. The molecule has 0 fully saturated rings. The van der Waals surface area contributed by atoms with Crippen molar-refractivity contribution < 1.29 is 13.2 Å². The van der Waals surface area contributed by atoms with Gasteiger partial charge >= 0.3 is 0 Å². The molecule has 0 aliphatic carbocycles. The van der Waals surface area contributed by atoms with Crippen molar-refractivity contribution in [2.24, 2.45) is 5.10 Å². The largest absolute Gasteiger partial charge is 0.277 e. The summed E-state index contributed by atoms with van der Waals surface area (Å²) in [4.78, 5) is 11.5. The summed E-state index contributed by atoms with van der Waals surface area (Å²) >= 11 is 0. The Bertz CT molecular complexity index is 458. The SMILES string of the molecule is Cc1ccc(S(=O)(=O)NN=C=O)cc1. The Labute approximate surface area is 81.5 Å². The predicted molar refractivity (Wildman–Crippen MR) is 49.6 cm³/mol. The monoisotopic (exact) mass is 212 g/mol. The van der Waals surface area contributed by atoms with Crippen molar-refractivity contribution in [1.29, 1.82) is 0 Å². The lowest BCUT2D eigenvalue weighted by atomic mass is 10.2. The molecule has 0 radical (unpaired) electrons. The molecule has 1 N–H and O–H groups in total. The van der Waals surface area contributed by atoms with E-state index in [2.05, 4.69) is 5.10 Å². The quantitative estimate of drug-likeness (QED) is 0.451. The van der Waals surface area contributed by atoms with Gasteiger partial charge in [0.2, 0.25) is 0 Å². The Morgan fingerprint density at radius 2 is 1.86 bits per heavy atom. The average Bonchev–Trinajstić information content (AvgIpc) is 2.16. The van der Waals surface area contributed by atoms with Crippen LogP contribution in [0.1, 0.15) is 5.56 Å². The molecule has 6 heteroatoms. The van der Waals surface area contributed by atoms with Gasteiger partial charge in [-0.15, -0.1) is 0 Å². The highest BCUT2D eigenvalue weighted by Crippen LogP contribution is 2.09. The molecule has 0 saturated heterocycles. The molecule has 0 atom stereocenters. The maximum Gasteiger partial charge on any atom is 0.277 e. The van der Waals surface area contributed by atoms with Crippen LogP contribution in [0.3, 0.4) is 0 Å². The van der Waals surface area contributed by atoms with Crippen molar-refractivity contribution in [2.75, 3.05) is 0 Å². The van der Waals surface area contributed by atoms with Crippen LogP contribution in [-0.4, -0.2) is 14.5 Å². The number of isocyanates is 1. The first-order chi connectivity index (χ1) is 6.56. The van der Waals surface area contributed by atoms with Crippen LogP contribution >= 0.6 is 0 Å². The van der Waals surface area contributed by atoms with Crippen LogP contribution in [0.2, 0.25) is 0 Å². The van der Waals surface area contributed by atoms with Crippen molar-refractivity contribution in [3.05, 3.63) is 29.8 Å². The van der Waals surface area contributed by atoms with Crippen molar-refractivity contribution in [2.45, 2.75) is 11.8 Å². The van der Waals surface area contributed by atoms with Gasteiger partial charge in [0, 0.05) is 0 Å². The minimum Gasteiger partial charge on any atom is -0.209 e. The molecule has 0 bridgehead atoms. The smallest absolute Gasteiger partial charge is 0.209 e. The van der Waals surface area contributed by atoms with E-state index >= 15 is 0 Å². The number of aryl methyl sites for hydroxylation is 1. The Balaban J connectivity index is 3.04. The first-order valence-corrected chi connectivity index (χ1v) is 5.20. The van der Waals surface area contributed by atoms with Crippen molar-refractivity contribution in [3.63, 3.8) is 0 Å². The maximum absolute atomic E-state index is 11.3. The van der Waals surface area contributed by atoms with Gasteiger partial charge in [0.1, 0.15) is 0 Å². The summed E-state index contributed by atoms with van der Waals surface area (Å²) in [6.45, 7) is 1.84. The Morgan fingerprint density at radius 1 is 1.29 bits per heavy atom. The second-order valence-corrected chi connectivity index (χ2v) is 4.27. The fourth-order valence-corrected chi connectivity index (χ4v) is 1.61. The lowest BCUT2D eigenvalue weighted by molar-refractivity contribution is 0.557. The molecule has 14 heavy (non-hydrogen) atoms. The lowest BCUT2D eigenvalue weighted by Crippen LogP contribution is -2.17. The summed E-state index contributed by atoms with van der Waals surface area (Å²) in [5.41, 5.74) is 0.947. The zero-order valence-electron chi connectivity index (χ0n) is 7.39. The number of rotatable bonds is 3. The van der Waals surface area contributed by atoms with Gasteiger partial charge in [-0.25, -0.2) is 4.79 Å². The first-order valence-electron chi connectivity index (χ1n) is 3.71. The zero-order valence-corrected chi connectivity index (χ0v) is 8.21. The third-order valence-corrected chi connectivity index (χ3v) is 2.77. The average molecular weight is 212 g/mol. The zero-order chi connectivity index (χ0) is 10.6. The minimum absolute atomic E-state index is 0.0575. The van der Waals surface area contributed by atoms with E-state index in [0.29, 0.717) is 0 Å². The number of hydrazone groups is 1. The standard InChI is InChI=1S/C8H8N2O3S/c1-7-2-4-8(5-3-7)14(12,13)10-9-6-11/h2-5,10H,1H3. The Hall–Kier alpha value is -1.65. The number of nitrogens with one attached hydrogen (secondary N) is 1. The van der Waals surface area contributed by atoms with Gasteiger partial charge in [-0.05, 0) is 19.1 Å². The van der Waals surface area contributed by atoms with Crippen LogP contribution in [0.5, 0.6) is 0 Å². The third-order valence-electron chi connectivity index (χ3n) is 1.54. The number of benzene rings is 1. The van der Waals surface area contributed by atoms with Gasteiger partial charge in [0.25, 0.3) is 16.1 Å². The highest BCUT2D eigenvalue weighted by Gasteiger charge is 2.11. The van der Waals surface area contributed by atoms with Gasteiger partial charge in [0.05, 0.1) is 4.90 Å². The van der Waals surface area contributed by atoms with E-state index in [9.17, 15) is 13.2 Å². The van der Waals surface area contributed by atoms with Gasteiger partial charge < -0.3 is 0 Å². The summed E-state index contributed by atoms with van der Waals surface area (Å²) in [6, 6.07) is 6.16. The van der Waals surface area contributed by atoms with Gasteiger partial charge in [-0.1, -0.05) is 22.8 Å². The maximum atomic E-state index is 11.3. The number of hydrogen-bond donors (Lipinski definition) is 1. The molecule has 5 nitrogen and oxygen atoms in total. The second kappa shape index (κ2) is 4.04. The minimum atomic E-state index is -3.72. The molecule has 0 heterocycles. The van der Waals surface area contributed by atoms with Crippen molar-refractivity contribution >= 4 is 16.1 Å². The van der Waals surface area contributed by atoms with Crippen molar-refractivity contribution in [1.82, 2.24) is 4.83 Å². The number of sulfonamides is 1. The highest BCUT2D eigenvalue weighted by molar-refractivity contribution is 7.89. The van der Waals surface area contributed by atoms with E-state index in [0.717, 1.165) is 11.6 Å². The molecule has 0 aliphatic rings. The molecular weight excluding hydrogens is 204 g/mol. The molecule has 1 aromatic rings. The van der Waals surface area contributed by atoms with Crippen LogP contribution < -0.4 is 4.83 Å². The summed E-state index contributed by atoms with van der Waals surface area (Å²) < 4.78 is 22.6. The van der Waals surface area contributed by atoms with Gasteiger partial charge in [-0.2, -0.15) is 13.2 Å². The van der Waals surface area contributed by atoms with Gasteiger partial charge in [0.15, 0.2) is 0 Å². The van der Waals surface area contributed by atoms with Crippen LogP contribution in [0.25, 0.3) is 0 Å². The molecule has 0 unspecified atom stereocenters. The second-order valence-electron chi connectivity index (χ2n) is 2.61. The van der Waals surface area contributed by atoms with E-state index in [4.69, 9.17) is 0 Å². The topological polar surface area (TPSA) is 75.6 Å². The van der Waals surface area contributed by atoms with E-state index in [1.54, 1.807) is 17.0 Å². The molecule has 0 spiro atoms. The fraction of sp³-hybridized carbons (Fsp3) is 0.125. The molecule has 1 rings (SSSR count). The molecule has 0 amide bonds. The van der Waals surface area contributed by atoms with E-state index in [-0.39, 0.29) is 4.90 Å².